The summed E-state index contributed by atoms with van der Waals surface area (Å²) in [5.74, 6) is 0.330. The zero-order valence-electron chi connectivity index (χ0n) is 20.4. The normalized spacial score (nSPS) is 18.2. The van der Waals surface area contributed by atoms with Gasteiger partial charge in [0.05, 0.1) is 17.0 Å². The predicted octanol–water partition coefficient (Wildman–Crippen LogP) is 6.02. The number of sulfone groups is 1. The first-order chi connectivity index (χ1) is 16.4. The smallest absolute Gasteiger partial charge is 0.232 e. The summed E-state index contributed by atoms with van der Waals surface area (Å²) in [5, 5.41) is 0.753. The maximum Gasteiger partial charge on any atom is 0.232 e. The van der Waals surface area contributed by atoms with Crippen molar-refractivity contribution in [3.8, 4) is 5.75 Å². The molecule has 2 aliphatic rings. The van der Waals surface area contributed by atoms with Gasteiger partial charge in [-0.1, -0.05) is 44.0 Å². The molecule has 0 bridgehead atoms. The third-order valence-electron chi connectivity index (χ3n) is 6.73. The third-order valence-corrected chi connectivity index (χ3v) is 9.83. The summed E-state index contributed by atoms with van der Waals surface area (Å²) in [6.07, 6.45) is 2.30. The molecule has 2 aromatic rings. The highest BCUT2D eigenvalue weighted by Gasteiger charge is 2.49. The molecule has 9 heteroatoms. The second-order valence-electron chi connectivity index (χ2n) is 10.2. The molecule has 2 fully saturated rings. The molecule has 1 saturated heterocycles. The second kappa shape index (κ2) is 9.58. The number of carbonyl (C=O) groups excluding carboxylic acids is 1. The van der Waals surface area contributed by atoms with Crippen molar-refractivity contribution < 1.29 is 22.7 Å². The van der Waals surface area contributed by atoms with Crippen molar-refractivity contribution in [2.75, 3.05) is 25.2 Å². The summed E-state index contributed by atoms with van der Waals surface area (Å²) in [6.45, 7) is 6.20. The Morgan fingerprint density at radius 2 is 1.69 bits per heavy atom. The van der Waals surface area contributed by atoms with E-state index >= 15 is 0 Å². The van der Waals surface area contributed by atoms with Crippen LogP contribution < -0.4 is 9.64 Å². The van der Waals surface area contributed by atoms with Crippen LogP contribution in [0.15, 0.2) is 41.3 Å². The Morgan fingerprint density at radius 3 is 2.20 bits per heavy atom. The first-order valence-electron chi connectivity index (χ1n) is 11.7. The Labute approximate surface area is 217 Å². The maximum absolute atomic E-state index is 14.1. The van der Waals surface area contributed by atoms with Crippen LogP contribution in [0.4, 0.5) is 5.69 Å². The first kappa shape index (κ1) is 26.3. The summed E-state index contributed by atoms with van der Waals surface area (Å²) in [4.78, 5) is 15.3. The van der Waals surface area contributed by atoms with Crippen molar-refractivity contribution in [3.05, 3.63) is 52.0 Å². The van der Waals surface area contributed by atoms with Crippen molar-refractivity contribution >= 4 is 44.6 Å². The molecular weight excluding hydrogens is 509 g/mol. The van der Waals surface area contributed by atoms with Crippen molar-refractivity contribution in [1.82, 2.24) is 0 Å². The average Bonchev–Trinajstić information content (AvgIpc) is 3.65. The Morgan fingerprint density at radius 1 is 1.09 bits per heavy atom. The molecule has 1 aliphatic carbocycles. The lowest BCUT2D eigenvalue weighted by Crippen LogP contribution is -2.42. The largest absolute Gasteiger partial charge is 0.495 e. The fourth-order valence-corrected chi connectivity index (χ4v) is 7.13. The van der Waals surface area contributed by atoms with Crippen LogP contribution in [0.25, 0.3) is 0 Å². The molecule has 0 spiro atoms. The fraction of sp³-hybridized carbons (Fsp3) is 0.500. The predicted molar refractivity (Wildman–Crippen MR) is 138 cm³/mol. The molecule has 0 atom stereocenters. The molecule has 0 N–H and O–H groups in total. The van der Waals surface area contributed by atoms with Gasteiger partial charge in [0.1, 0.15) is 16.2 Å². The van der Waals surface area contributed by atoms with Gasteiger partial charge in [0.2, 0.25) is 5.91 Å². The third kappa shape index (κ3) is 4.80. The molecule has 190 valence electrons. The van der Waals surface area contributed by atoms with Gasteiger partial charge < -0.3 is 14.4 Å². The number of benzene rings is 2. The molecule has 6 nitrogen and oxygen atoms in total. The van der Waals surface area contributed by atoms with E-state index in [9.17, 15) is 13.2 Å². The van der Waals surface area contributed by atoms with Crippen LogP contribution in [-0.4, -0.2) is 40.7 Å². The van der Waals surface area contributed by atoms with E-state index in [1.165, 1.54) is 19.2 Å². The maximum atomic E-state index is 14.1. The van der Waals surface area contributed by atoms with Gasteiger partial charge in [-0.15, -0.1) is 0 Å². The molecule has 0 aromatic heterocycles. The molecule has 0 radical (unpaired) electrons. The van der Waals surface area contributed by atoms with E-state index in [0.717, 1.165) is 12.8 Å². The molecule has 35 heavy (non-hydrogen) atoms. The van der Waals surface area contributed by atoms with E-state index < -0.39 is 20.0 Å². The van der Waals surface area contributed by atoms with Gasteiger partial charge in [-0.2, -0.15) is 0 Å². The number of rotatable bonds is 6. The van der Waals surface area contributed by atoms with Crippen molar-refractivity contribution in [1.29, 1.82) is 0 Å². The summed E-state index contributed by atoms with van der Waals surface area (Å²) < 4.78 is 38.2. The van der Waals surface area contributed by atoms with Gasteiger partial charge in [0.25, 0.3) is 0 Å². The van der Waals surface area contributed by atoms with Crippen molar-refractivity contribution in [2.45, 2.75) is 62.1 Å². The van der Waals surface area contributed by atoms with Crippen LogP contribution >= 0.6 is 23.2 Å². The number of hydrogen-bond acceptors (Lipinski definition) is 5. The SMILES string of the molecule is COc1cc(C2(S(=O)(=O)c3ccc(Cl)cc3)CCOCC2)cc(Cl)c1N(C(=O)C(C)(C)C)C1CC1. The van der Waals surface area contributed by atoms with E-state index in [2.05, 4.69) is 0 Å². The topological polar surface area (TPSA) is 72.9 Å². The molecule has 1 amide bonds. The number of anilines is 1. The van der Waals surface area contributed by atoms with E-state index in [1.54, 1.807) is 29.2 Å². The van der Waals surface area contributed by atoms with E-state index in [1.807, 2.05) is 20.8 Å². The highest BCUT2D eigenvalue weighted by Crippen LogP contribution is 2.50. The number of nitrogens with zero attached hydrogens (tertiary/aromatic N) is 1. The number of carbonyl (C=O) groups is 1. The number of methoxy groups -OCH3 is 1. The summed E-state index contributed by atoms with van der Waals surface area (Å²) in [7, 11) is -2.34. The second-order valence-corrected chi connectivity index (χ2v) is 13.3. The molecular formula is C26H31Cl2NO5S. The highest BCUT2D eigenvalue weighted by atomic mass is 35.5. The Bertz CT molecular complexity index is 1210. The summed E-state index contributed by atoms with van der Waals surface area (Å²) in [6, 6.07) is 9.66. The molecule has 1 heterocycles. The molecule has 1 saturated carbocycles. The molecule has 4 rings (SSSR count). The highest BCUT2D eigenvalue weighted by molar-refractivity contribution is 7.92. The Hall–Kier alpha value is -1.80. The Kier molecular flexibility index (Phi) is 7.19. The zero-order valence-corrected chi connectivity index (χ0v) is 22.8. The lowest BCUT2D eigenvalue weighted by atomic mass is 9.89. The summed E-state index contributed by atoms with van der Waals surface area (Å²) in [5.41, 5.74) is 0.405. The van der Waals surface area contributed by atoms with Crippen LogP contribution in [0.2, 0.25) is 10.0 Å². The Balaban J connectivity index is 1.88. The van der Waals surface area contributed by atoms with E-state index in [4.69, 9.17) is 32.7 Å². The van der Waals surface area contributed by atoms with Crippen LogP contribution in [0, 0.1) is 5.41 Å². The van der Waals surface area contributed by atoms with Gasteiger partial charge in [-0.3, -0.25) is 4.79 Å². The van der Waals surface area contributed by atoms with Crippen LogP contribution in [0.1, 0.15) is 52.0 Å². The standard InChI is InChI=1S/C26H31Cl2NO5S/c1-25(2,3)24(30)29(19-7-8-19)23-21(28)15-17(16-22(23)33-4)26(11-13-34-14-12-26)35(31,32)20-9-5-18(27)6-10-20/h5-6,9-10,15-16,19H,7-8,11-14H2,1-4H3. The monoisotopic (exact) mass is 539 g/mol. The lowest BCUT2D eigenvalue weighted by Gasteiger charge is -2.38. The first-order valence-corrected chi connectivity index (χ1v) is 14.0. The average molecular weight is 541 g/mol. The van der Waals surface area contributed by atoms with Crippen LogP contribution in [-0.2, 0) is 24.1 Å². The zero-order chi connectivity index (χ0) is 25.6. The van der Waals surface area contributed by atoms with Crippen molar-refractivity contribution in [3.63, 3.8) is 0 Å². The lowest BCUT2D eigenvalue weighted by molar-refractivity contribution is -0.125. The number of amides is 1. The van der Waals surface area contributed by atoms with Crippen molar-refractivity contribution in [2.24, 2.45) is 5.41 Å². The number of hydrogen-bond donors (Lipinski definition) is 0. The molecule has 2 aromatic carbocycles. The fourth-order valence-electron chi connectivity index (χ4n) is 4.62. The van der Waals surface area contributed by atoms with Gasteiger partial charge in [-0.05, 0) is 67.6 Å². The number of ether oxygens (including phenoxy) is 2. The number of halogens is 2. The van der Waals surface area contributed by atoms with Gasteiger partial charge in [0.15, 0.2) is 9.84 Å². The quantitative estimate of drug-likeness (QED) is 0.448. The molecule has 1 aliphatic heterocycles. The minimum atomic E-state index is -3.85. The van der Waals surface area contributed by atoms with Gasteiger partial charge in [0, 0.05) is 29.7 Å². The van der Waals surface area contributed by atoms with Gasteiger partial charge >= 0.3 is 0 Å². The van der Waals surface area contributed by atoms with E-state index in [-0.39, 0.29) is 29.7 Å². The minimum absolute atomic E-state index is 0.0498. The van der Waals surface area contributed by atoms with E-state index in [0.29, 0.717) is 40.3 Å². The van der Waals surface area contributed by atoms with Crippen LogP contribution in [0.5, 0.6) is 5.75 Å². The van der Waals surface area contributed by atoms with Crippen LogP contribution in [0.3, 0.4) is 0 Å². The molecule has 0 unspecified atom stereocenters. The summed E-state index contributed by atoms with van der Waals surface area (Å²) >= 11 is 12.9. The minimum Gasteiger partial charge on any atom is -0.495 e. The van der Waals surface area contributed by atoms with Gasteiger partial charge in [-0.25, -0.2) is 8.42 Å².